The van der Waals surface area contributed by atoms with E-state index in [4.69, 9.17) is 11.6 Å². The van der Waals surface area contributed by atoms with E-state index in [0.717, 1.165) is 0 Å². The SMILES string of the molecule is Cc1cc(S(=O)(=O)C(C)C)ccc1C(=O)Nc1ccc(Cl)c(-c2ccccn2)c1. The topological polar surface area (TPSA) is 76.1 Å². The summed E-state index contributed by atoms with van der Waals surface area (Å²) < 4.78 is 24.7. The summed E-state index contributed by atoms with van der Waals surface area (Å²) in [7, 11) is -3.40. The third-order valence-electron chi connectivity index (χ3n) is 4.56. The molecule has 0 unspecified atom stereocenters. The maximum absolute atomic E-state index is 12.8. The van der Waals surface area contributed by atoms with Crippen molar-refractivity contribution in [3.05, 3.63) is 76.9 Å². The molecule has 2 aromatic carbocycles. The molecule has 5 nitrogen and oxygen atoms in total. The first-order valence-corrected chi connectivity index (χ1v) is 11.0. The Balaban J connectivity index is 1.88. The summed E-state index contributed by atoms with van der Waals surface area (Å²) in [4.78, 5) is 17.3. The van der Waals surface area contributed by atoms with Gasteiger partial charge < -0.3 is 5.32 Å². The highest BCUT2D eigenvalue weighted by molar-refractivity contribution is 7.92. The first-order chi connectivity index (χ1) is 13.7. The van der Waals surface area contributed by atoms with Crippen LogP contribution in [0, 0.1) is 6.92 Å². The van der Waals surface area contributed by atoms with Crippen LogP contribution in [0.2, 0.25) is 5.02 Å². The Labute approximate surface area is 175 Å². The van der Waals surface area contributed by atoms with Gasteiger partial charge in [-0.2, -0.15) is 0 Å². The highest BCUT2D eigenvalue weighted by Gasteiger charge is 2.21. The Hall–Kier alpha value is -2.70. The zero-order chi connectivity index (χ0) is 21.2. The number of amides is 1. The molecule has 1 amide bonds. The summed E-state index contributed by atoms with van der Waals surface area (Å²) in [6.45, 7) is 4.98. The smallest absolute Gasteiger partial charge is 0.255 e. The molecule has 1 heterocycles. The number of hydrogen-bond acceptors (Lipinski definition) is 4. The number of carbonyl (C=O) groups excluding carboxylic acids is 1. The van der Waals surface area contributed by atoms with Crippen LogP contribution in [-0.4, -0.2) is 24.6 Å². The molecule has 0 aliphatic rings. The maximum Gasteiger partial charge on any atom is 0.255 e. The largest absolute Gasteiger partial charge is 0.322 e. The van der Waals surface area contributed by atoms with Crippen molar-refractivity contribution in [2.45, 2.75) is 30.9 Å². The fourth-order valence-electron chi connectivity index (χ4n) is 2.86. The summed E-state index contributed by atoms with van der Waals surface area (Å²) in [6, 6.07) is 15.2. The molecule has 0 radical (unpaired) electrons. The third kappa shape index (κ3) is 4.49. The van der Waals surface area contributed by atoms with Gasteiger partial charge in [0.1, 0.15) is 0 Å². The molecule has 0 bridgehead atoms. The second-order valence-electron chi connectivity index (χ2n) is 6.93. The Morgan fingerprint density at radius 2 is 1.83 bits per heavy atom. The van der Waals surface area contributed by atoms with E-state index in [9.17, 15) is 13.2 Å². The Kier molecular flexibility index (Phi) is 6.05. The molecule has 0 aliphatic heterocycles. The molecular weight excluding hydrogens is 408 g/mol. The summed E-state index contributed by atoms with van der Waals surface area (Å²) in [5.41, 5.74) is 2.97. The number of carbonyl (C=O) groups is 1. The van der Waals surface area contributed by atoms with E-state index in [0.29, 0.717) is 33.1 Å². The van der Waals surface area contributed by atoms with Crippen molar-refractivity contribution in [2.24, 2.45) is 0 Å². The van der Waals surface area contributed by atoms with Crippen LogP contribution < -0.4 is 5.32 Å². The number of rotatable bonds is 5. The Bertz CT molecular complexity index is 1160. The number of nitrogens with one attached hydrogen (secondary N) is 1. The summed E-state index contributed by atoms with van der Waals surface area (Å²) >= 11 is 6.29. The summed E-state index contributed by atoms with van der Waals surface area (Å²) in [5, 5.41) is 2.84. The summed E-state index contributed by atoms with van der Waals surface area (Å²) in [6.07, 6.45) is 1.67. The number of hydrogen-bond donors (Lipinski definition) is 1. The van der Waals surface area contributed by atoms with Crippen LogP contribution >= 0.6 is 11.6 Å². The van der Waals surface area contributed by atoms with E-state index in [1.165, 1.54) is 18.2 Å². The Morgan fingerprint density at radius 1 is 1.07 bits per heavy atom. The lowest BCUT2D eigenvalue weighted by molar-refractivity contribution is 0.102. The monoisotopic (exact) mass is 428 g/mol. The lowest BCUT2D eigenvalue weighted by atomic mass is 10.1. The lowest BCUT2D eigenvalue weighted by Gasteiger charge is -2.13. The van der Waals surface area contributed by atoms with Crippen molar-refractivity contribution in [1.29, 1.82) is 0 Å². The number of aryl methyl sites for hydroxylation is 1. The zero-order valence-corrected chi connectivity index (χ0v) is 17.9. The van der Waals surface area contributed by atoms with Crippen LogP contribution in [0.4, 0.5) is 5.69 Å². The molecule has 0 saturated heterocycles. The van der Waals surface area contributed by atoms with Gasteiger partial charge in [-0.25, -0.2) is 8.42 Å². The molecule has 7 heteroatoms. The van der Waals surface area contributed by atoms with Crippen LogP contribution in [0.3, 0.4) is 0 Å². The number of benzene rings is 2. The van der Waals surface area contributed by atoms with Gasteiger partial charge >= 0.3 is 0 Å². The van der Waals surface area contributed by atoms with Gasteiger partial charge in [0, 0.05) is 23.0 Å². The van der Waals surface area contributed by atoms with Crippen molar-refractivity contribution in [3.8, 4) is 11.3 Å². The van der Waals surface area contributed by atoms with Crippen molar-refractivity contribution < 1.29 is 13.2 Å². The highest BCUT2D eigenvalue weighted by Crippen LogP contribution is 2.29. The van der Waals surface area contributed by atoms with Gasteiger partial charge in [-0.3, -0.25) is 9.78 Å². The second-order valence-corrected chi connectivity index (χ2v) is 9.85. The fraction of sp³-hybridized carbons (Fsp3) is 0.182. The van der Waals surface area contributed by atoms with Crippen LogP contribution in [0.5, 0.6) is 0 Å². The van der Waals surface area contributed by atoms with Gasteiger partial charge in [0.15, 0.2) is 9.84 Å². The number of sulfone groups is 1. The number of halogens is 1. The summed E-state index contributed by atoms with van der Waals surface area (Å²) in [5.74, 6) is -0.328. The lowest BCUT2D eigenvalue weighted by Crippen LogP contribution is -2.16. The van der Waals surface area contributed by atoms with Crippen LogP contribution in [0.1, 0.15) is 29.8 Å². The van der Waals surface area contributed by atoms with Crippen molar-refractivity contribution in [2.75, 3.05) is 5.32 Å². The molecule has 150 valence electrons. The van der Waals surface area contributed by atoms with E-state index in [1.807, 2.05) is 18.2 Å². The van der Waals surface area contributed by atoms with Crippen molar-refractivity contribution in [1.82, 2.24) is 4.98 Å². The number of nitrogens with zero attached hydrogens (tertiary/aromatic N) is 1. The van der Waals surface area contributed by atoms with Crippen molar-refractivity contribution in [3.63, 3.8) is 0 Å². The van der Waals surface area contributed by atoms with E-state index >= 15 is 0 Å². The maximum atomic E-state index is 12.8. The average Bonchev–Trinajstić information content (AvgIpc) is 2.69. The molecule has 1 N–H and O–H groups in total. The molecule has 29 heavy (non-hydrogen) atoms. The predicted molar refractivity (Wildman–Crippen MR) is 116 cm³/mol. The van der Waals surface area contributed by atoms with Crippen molar-refractivity contribution >= 4 is 33.0 Å². The molecule has 0 aliphatic carbocycles. The molecular formula is C22H21ClN2O3S. The van der Waals surface area contributed by atoms with Gasteiger partial charge in [0.05, 0.1) is 20.9 Å². The van der Waals surface area contributed by atoms with Crippen LogP contribution in [0.15, 0.2) is 65.7 Å². The molecule has 1 aromatic heterocycles. The van der Waals surface area contributed by atoms with E-state index < -0.39 is 15.1 Å². The normalized spacial score (nSPS) is 11.5. The minimum atomic E-state index is -3.40. The number of anilines is 1. The minimum Gasteiger partial charge on any atom is -0.322 e. The standard InChI is InChI=1S/C22H21ClN2O3S/c1-14(2)29(27,28)17-8-9-18(15(3)12-17)22(26)25-16-7-10-20(23)19(13-16)21-6-4-5-11-24-21/h4-14H,1-3H3,(H,25,26). The fourth-order valence-corrected chi connectivity index (χ4v) is 4.22. The highest BCUT2D eigenvalue weighted by atomic mass is 35.5. The van der Waals surface area contributed by atoms with E-state index in [2.05, 4.69) is 10.3 Å². The van der Waals surface area contributed by atoms with Gasteiger partial charge in [-0.05, 0) is 74.9 Å². The zero-order valence-electron chi connectivity index (χ0n) is 16.3. The Morgan fingerprint density at radius 3 is 2.45 bits per heavy atom. The van der Waals surface area contributed by atoms with Gasteiger partial charge in [0.25, 0.3) is 5.91 Å². The van der Waals surface area contributed by atoms with E-state index in [1.54, 1.807) is 45.2 Å². The molecule has 0 fully saturated rings. The molecule has 3 rings (SSSR count). The van der Waals surface area contributed by atoms with Crippen LogP contribution in [-0.2, 0) is 9.84 Å². The molecule has 0 spiro atoms. The third-order valence-corrected chi connectivity index (χ3v) is 7.04. The number of aromatic nitrogens is 1. The molecule has 0 atom stereocenters. The first-order valence-electron chi connectivity index (χ1n) is 9.07. The first kappa shape index (κ1) is 21.0. The molecule has 3 aromatic rings. The van der Waals surface area contributed by atoms with E-state index in [-0.39, 0.29) is 10.8 Å². The van der Waals surface area contributed by atoms with Gasteiger partial charge in [-0.1, -0.05) is 17.7 Å². The average molecular weight is 429 g/mol. The van der Waals surface area contributed by atoms with Gasteiger partial charge in [-0.15, -0.1) is 0 Å². The second kappa shape index (κ2) is 8.35. The molecule has 0 saturated carbocycles. The number of pyridine rings is 1. The quantitative estimate of drug-likeness (QED) is 0.610. The minimum absolute atomic E-state index is 0.213. The van der Waals surface area contributed by atoms with Crippen LogP contribution in [0.25, 0.3) is 11.3 Å². The van der Waals surface area contributed by atoms with Gasteiger partial charge in [0.2, 0.25) is 0 Å². The predicted octanol–water partition coefficient (Wildman–Crippen LogP) is 5.14.